The van der Waals surface area contributed by atoms with Gasteiger partial charge >= 0.3 is 0 Å². The third-order valence-corrected chi connectivity index (χ3v) is 4.15. The van der Waals surface area contributed by atoms with E-state index in [1.165, 1.54) is 5.56 Å². The van der Waals surface area contributed by atoms with Crippen LogP contribution in [0.25, 0.3) is 0 Å². The summed E-state index contributed by atoms with van der Waals surface area (Å²) in [6, 6.07) is 8.83. The van der Waals surface area contributed by atoms with Gasteiger partial charge < -0.3 is 0 Å². The quantitative estimate of drug-likeness (QED) is 0.865. The molecule has 1 atom stereocenters. The first-order valence-electron chi connectivity index (χ1n) is 7.55. The second kappa shape index (κ2) is 6.76. The van der Waals surface area contributed by atoms with Gasteiger partial charge in [0.05, 0.1) is 6.54 Å². The zero-order valence-electron chi connectivity index (χ0n) is 12.1. The number of hydrogen-bond donors (Lipinski definition) is 0. The van der Waals surface area contributed by atoms with Crippen molar-refractivity contribution in [2.75, 3.05) is 13.1 Å². The average molecular weight is 285 g/mol. The minimum Gasteiger partial charge on any atom is -0.296 e. The van der Waals surface area contributed by atoms with Crippen LogP contribution in [0.2, 0.25) is 0 Å². The molecule has 0 aliphatic carbocycles. The summed E-state index contributed by atoms with van der Waals surface area (Å²) in [6.07, 6.45) is 7.02. The van der Waals surface area contributed by atoms with Crippen molar-refractivity contribution in [2.45, 2.75) is 31.7 Å². The molecule has 3 rings (SSSR count). The highest BCUT2D eigenvalue weighted by Gasteiger charge is 2.19. The van der Waals surface area contributed by atoms with Crippen LogP contribution < -0.4 is 0 Å². The summed E-state index contributed by atoms with van der Waals surface area (Å²) in [5.74, 6) is 1.26. The van der Waals surface area contributed by atoms with Crippen molar-refractivity contribution in [3.63, 3.8) is 0 Å². The maximum Gasteiger partial charge on any atom is 0.142 e. The molecule has 0 radical (unpaired) electrons. The molecule has 1 unspecified atom stereocenters. The molecule has 1 aromatic heterocycles. The van der Waals surface area contributed by atoms with Crippen LogP contribution in [-0.4, -0.2) is 28.0 Å². The van der Waals surface area contributed by atoms with Gasteiger partial charge in [-0.15, -0.1) is 0 Å². The van der Waals surface area contributed by atoms with Gasteiger partial charge in [-0.05, 0) is 62.0 Å². The second-order valence-electron chi connectivity index (χ2n) is 5.62. The lowest BCUT2D eigenvalue weighted by atomic mass is 9.92. The van der Waals surface area contributed by atoms with Crippen molar-refractivity contribution in [3.8, 4) is 0 Å². The molecule has 21 heavy (non-hydrogen) atoms. The zero-order valence-corrected chi connectivity index (χ0v) is 12.1. The summed E-state index contributed by atoms with van der Waals surface area (Å²) in [5.41, 5.74) is 1.26. The number of hydrogen-bond acceptors (Lipinski definition) is 3. The van der Waals surface area contributed by atoms with Crippen LogP contribution in [-0.2, 0) is 6.54 Å². The van der Waals surface area contributed by atoms with Gasteiger partial charge in [0.25, 0.3) is 0 Å². The molecule has 1 aliphatic heterocycles. The normalized spacial score (nSPS) is 20.1. The molecule has 0 saturated carbocycles. The molecule has 0 spiro atoms. The number of benzene rings is 1. The molecule has 3 nitrogen and oxygen atoms in total. The van der Waals surface area contributed by atoms with Gasteiger partial charge in [-0.2, -0.15) is 0 Å². The van der Waals surface area contributed by atoms with E-state index in [1.807, 2.05) is 18.2 Å². The minimum atomic E-state index is -0.157. The van der Waals surface area contributed by atoms with Crippen LogP contribution in [0.1, 0.15) is 36.6 Å². The van der Waals surface area contributed by atoms with Crippen LogP contribution in [0, 0.1) is 5.82 Å². The number of likely N-dealkylation sites (tertiary alicyclic amines) is 1. The van der Waals surface area contributed by atoms with Crippen molar-refractivity contribution in [3.05, 3.63) is 59.9 Å². The van der Waals surface area contributed by atoms with E-state index in [0.717, 1.165) is 44.7 Å². The Bertz CT molecular complexity index is 556. The van der Waals surface area contributed by atoms with E-state index < -0.39 is 0 Å². The minimum absolute atomic E-state index is 0.157. The summed E-state index contributed by atoms with van der Waals surface area (Å²) >= 11 is 0. The van der Waals surface area contributed by atoms with Crippen LogP contribution in [0.4, 0.5) is 4.39 Å². The molecule has 0 bridgehead atoms. The van der Waals surface area contributed by atoms with Crippen LogP contribution >= 0.6 is 0 Å². The van der Waals surface area contributed by atoms with Crippen molar-refractivity contribution in [2.24, 2.45) is 0 Å². The Morgan fingerprint density at radius 1 is 1.05 bits per heavy atom. The van der Waals surface area contributed by atoms with Gasteiger partial charge in [0.1, 0.15) is 11.6 Å². The standard InChI is InChI=1S/C17H20FN3/c18-16-6-4-15(5-7-16)14-3-1-11-21(12-8-14)13-17-19-9-2-10-20-17/h2,4-7,9-10,14H,1,3,8,11-13H2. The fourth-order valence-corrected chi connectivity index (χ4v) is 2.99. The summed E-state index contributed by atoms with van der Waals surface area (Å²) < 4.78 is 13.0. The molecule has 2 aromatic rings. The molecular weight excluding hydrogens is 265 g/mol. The van der Waals surface area contributed by atoms with E-state index in [-0.39, 0.29) is 5.82 Å². The molecule has 0 N–H and O–H groups in total. The molecule has 0 amide bonds. The zero-order chi connectivity index (χ0) is 14.5. The Morgan fingerprint density at radius 2 is 1.81 bits per heavy atom. The van der Waals surface area contributed by atoms with Crippen LogP contribution in [0.5, 0.6) is 0 Å². The summed E-state index contributed by atoms with van der Waals surface area (Å²) in [5, 5.41) is 0. The predicted octanol–water partition coefficient (Wildman–Crippen LogP) is 3.39. The highest BCUT2D eigenvalue weighted by molar-refractivity contribution is 5.20. The largest absolute Gasteiger partial charge is 0.296 e. The molecule has 1 fully saturated rings. The lowest BCUT2D eigenvalue weighted by molar-refractivity contribution is 0.269. The maximum absolute atomic E-state index is 13.0. The Hall–Kier alpha value is -1.81. The van der Waals surface area contributed by atoms with Gasteiger partial charge in [0.15, 0.2) is 0 Å². The monoisotopic (exact) mass is 285 g/mol. The van der Waals surface area contributed by atoms with Gasteiger partial charge in [-0.3, -0.25) is 4.90 Å². The average Bonchev–Trinajstić information content (AvgIpc) is 2.75. The Balaban J connectivity index is 1.60. The SMILES string of the molecule is Fc1ccc(C2CCCN(Cc3ncccn3)CC2)cc1. The number of halogens is 1. The second-order valence-corrected chi connectivity index (χ2v) is 5.62. The summed E-state index contributed by atoms with van der Waals surface area (Å²) in [6.45, 7) is 2.94. The van der Waals surface area contributed by atoms with Crippen molar-refractivity contribution in [1.82, 2.24) is 14.9 Å². The first kappa shape index (κ1) is 14.1. The third kappa shape index (κ3) is 3.85. The Labute approximate surface area is 124 Å². The van der Waals surface area contributed by atoms with Crippen LogP contribution in [0.15, 0.2) is 42.7 Å². The highest BCUT2D eigenvalue weighted by Crippen LogP contribution is 2.28. The maximum atomic E-state index is 13.0. The molecule has 2 heterocycles. The van der Waals surface area contributed by atoms with Crippen molar-refractivity contribution >= 4 is 0 Å². The smallest absolute Gasteiger partial charge is 0.142 e. The first-order valence-corrected chi connectivity index (χ1v) is 7.55. The lowest BCUT2D eigenvalue weighted by Gasteiger charge is -2.19. The lowest BCUT2D eigenvalue weighted by Crippen LogP contribution is -2.25. The molecule has 1 saturated heterocycles. The third-order valence-electron chi connectivity index (χ3n) is 4.15. The fraction of sp³-hybridized carbons (Fsp3) is 0.412. The highest BCUT2D eigenvalue weighted by atomic mass is 19.1. The molecule has 1 aromatic carbocycles. The summed E-state index contributed by atoms with van der Waals surface area (Å²) in [7, 11) is 0. The van der Waals surface area contributed by atoms with E-state index in [4.69, 9.17) is 0 Å². The molecule has 110 valence electrons. The first-order chi connectivity index (χ1) is 10.3. The van der Waals surface area contributed by atoms with Gasteiger partial charge in [-0.1, -0.05) is 12.1 Å². The van der Waals surface area contributed by atoms with Gasteiger partial charge in [0, 0.05) is 12.4 Å². The van der Waals surface area contributed by atoms with E-state index in [9.17, 15) is 4.39 Å². The van der Waals surface area contributed by atoms with Crippen molar-refractivity contribution < 1.29 is 4.39 Å². The predicted molar refractivity (Wildman–Crippen MR) is 80.3 cm³/mol. The van der Waals surface area contributed by atoms with E-state index in [2.05, 4.69) is 14.9 Å². The van der Waals surface area contributed by atoms with E-state index >= 15 is 0 Å². The molecule has 4 heteroatoms. The number of rotatable bonds is 3. The fourth-order valence-electron chi connectivity index (χ4n) is 2.99. The Morgan fingerprint density at radius 3 is 2.57 bits per heavy atom. The van der Waals surface area contributed by atoms with Crippen molar-refractivity contribution in [1.29, 1.82) is 0 Å². The number of nitrogens with zero attached hydrogens (tertiary/aromatic N) is 3. The van der Waals surface area contributed by atoms with E-state index in [1.54, 1.807) is 24.5 Å². The van der Waals surface area contributed by atoms with Crippen LogP contribution in [0.3, 0.4) is 0 Å². The van der Waals surface area contributed by atoms with E-state index in [0.29, 0.717) is 5.92 Å². The topological polar surface area (TPSA) is 29.0 Å². The molecular formula is C17H20FN3. The summed E-state index contributed by atoms with van der Waals surface area (Å²) in [4.78, 5) is 11.0. The Kier molecular flexibility index (Phi) is 4.55. The number of aromatic nitrogens is 2. The van der Waals surface area contributed by atoms with Gasteiger partial charge in [0.2, 0.25) is 0 Å². The van der Waals surface area contributed by atoms with Gasteiger partial charge in [-0.25, -0.2) is 14.4 Å². The molecule has 1 aliphatic rings.